The summed E-state index contributed by atoms with van der Waals surface area (Å²) >= 11 is 1.87. The van der Waals surface area contributed by atoms with Crippen molar-refractivity contribution in [3.63, 3.8) is 0 Å². The number of nitrogens with one attached hydrogen (secondary N) is 1. The number of rotatable bonds is 12. The van der Waals surface area contributed by atoms with Gasteiger partial charge in [-0.05, 0) is 106 Å². The first-order chi connectivity index (χ1) is 25.6. The van der Waals surface area contributed by atoms with E-state index in [0.29, 0.717) is 5.92 Å². The maximum Gasteiger partial charge on any atom is 0.0513 e. The SMILES string of the molecule is CNC(/C=C(/c1ccccc1)c1cccc(/C=C/C(=C\c2c(C)sc3ccccc23)c2cccc(CC(C)c3ccccc3)c2)c1)c1ccccc1. The van der Waals surface area contributed by atoms with Crippen LogP contribution in [0.3, 0.4) is 0 Å². The van der Waals surface area contributed by atoms with Crippen LogP contribution in [0.25, 0.3) is 33.4 Å². The largest absolute Gasteiger partial charge is 0.310 e. The van der Waals surface area contributed by atoms with E-state index >= 15 is 0 Å². The molecule has 0 aliphatic heterocycles. The molecule has 7 aromatic rings. The molecule has 6 aromatic carbocycles. The number of allylic oxidation sites excluding steroid dienone is 2. The molecule has 0 radical (unpaired) electrons. The number of benzene rings is 6. The van der Waals surface area contributed by atoms with E-state index in [1.807, 2.05) is 18.4 Å². The Hall–Kier alpha value is -5.54. The minimum Gasteiger partial charge on any atom is -0.310 e. The highest BCUT2D eigenvalue weighted by Gasteiger charge is 2.13. The third-order valence-electron chi connectivity index (χ3n) is 9.83. The summed E-state index contributed by atoms with van der Waals surface area (Å²) in [5, 5.41) is 4.84. The van der Waals surface area contributed by atoms with Gasteiger partial charge in [0.2, 0.25) is 0 Å². The van der Waals surface area contributed by atoms with Crippen molar-refractivity contribution in [3.8, 4) is 0 Å². The van der Waals surface area contributed by atoms with Crippen molar-refractivity contribution in [3.05, 3.63) is 225 Å². The highest BCUT2D eigenvalue weighted by molar-refractivity contribution is 7.19. The first-order valence-electron chi connectivity index (χ1n) is 18.2. The Morgan fingerprint density at radius 2 is 1.29 bits per heavy atom. The second kappa shape index (κ2) is 16.7. The second-order valence-corrected chi connectivity index (χ2v) is 14.7. The normalized spacial score (nSPS) is 13.4. The molecule has 0 aliphatic rings. The number of fused-ring (bicyclic) bond motifs is 1. The van der Waals surface area contributed by atoms with E-state index in [0.717, 1.165) is 12.0 Å². The number of hydrogen-bond acceptors (Lipinski definition) is 2. The van der Waals surface area contributed by atoms with Crippen LogP contribution in [0.4, 0.5) is 0 Å². The summed E-state index contributed by atoms with van der Waals surface area (Å²) in [6, 6.07) is 59.1. The van der Waals surface area contributed by atoms with Crippen molar-refractivity contribution in [2.75, 3.05) is 7.05 Å². The van der Waals surface area contributed by atoms with Crippen molar-refractivity contribution in [1.82, 2.24) is 5.32 Å². The van der Waals surface area contributed by atoms with Gasteiger partial charge in [0, 0.05) is 9.58 Å². The molecular weight excluding hydrogens is 647 g/mol. The minimum atomic E-state index is 0.0747. The summed E-state index contributed by atoms with van der Waals surface area (Å²) in [5.74, 6) is 0.432. The molecule has 0 saturated carbocycles. The molecule has 0 saturated heterocycles. The van der Waals surface area contributed by atoms with Gasteiger partial charge in [-0.1, -0.05) is 177 Å². The molecule has 0 spiro atoms. The Balaban J connectivity index is 1.28. The van der Waals surface area contributed by atoms with Gasteiger partial charge in [-0.25, -0.2) is 0 Å². The van der Waals surface area contributed by atoms with Crippen LogP contribution in [0.15, 0.2) is 176 Å². The van der Waals surface area contributed by atoms with Crippen LogP contribution in [0.1, 0.15) is 68.3 Å². The molecule has 52 heavy (non-hydrogen) atoms. The maximum absolute atomic E-state index is 3.53. The van der Waals surface area contributed by atoms with Crippen LogP contribution in [0, 0.1) is 6.92 Å². The minimum absolute atomic E-state index is 0.0747. The topological polar surface area (TPSA) is 12.0 Å². The molecule has 0 aliphatic carbocycles. The highest BCUT2D eigenvalue weighted by atomic mass is 32.1. The lowest BCUT2D eigenvalue weighted by Crippen LogP contribution is -2.14. The van der Waals surface area contributed by atoms with E-state index in [4.69, 9.17) is 0 Å². The maximum atomic E-state index is 3.53. The summed E-state index contributed by atoms with van der Waals surface area (Å²) in [6.45, 7) is 4.56. The molecule has 7 rings (SSSR count). The Morgan fingerprint density at radius 1 is 0.654 bits per heavy atom. The predicted octanol–water partition coefficient (Wildman–Crippen LogP) is 13.2. The Kier molecular flexibility index (Phi) is 11.2. The van der Waals surface area contributed by atoms with E-state index in [-0.39, 0.29) is 6.04 Å². The van der Waals surface area contributed by atoms with Crippen LogP contribution >= 0.6 is 11.3 Å². The smallest absolute Gasteiger partial charge is 0.0513 e. The van der Waals surface area contributed by atoms with Gasteiger partial charge in [0.25, 0.3) is 0 Å². The number of aryl methyl sites for hydroxylation is 1. The molecular formula is C50H45NS. The standard InChI is InChI=1S/C50H45NS/c1-36(40-19-7-4-8-20-40)31-39-18-16-25-43(33-39)44(34-47-37(2)52-50-28-14-13-27-46(47)50)30-29-38-17-15-26-45(32-38)48(41-21-9-5-10-22-41)35-49(51-3)42-23-11-6-12-24-42/h4-30,32-36,49,51H,31H2,1-3H3/b30-29+,44-34+,48-35-. The lowest BCUT2D eigenvalue weighted by molar-refractivity contribution is 0.716. The highest BCUT2D eigenvalue weighted by Crippen LogP contribution is 2.35. The zero-order valence-corrected chi connectivity index (χ0v) is 31.0. The van der Waals surface area contributed by atoms with Crippen LogP contribution in [0.5, 0.6) is 0 Å². The molecule has 2 atom stereocenters. The van der Waals surface area contributed by atoms with E-state index in [1.54, 1.807) is 0 Å². The van der Waals surface area contributed by atoms with Gasteiger partial charge in [0.05, 0.1) is 6.04 Å². The molecule has 1 aromatic heterocycles. The Morgan fingerprint density at radius 3 is 2.04 bits per heavy atom. The zero-order valence-electron chi connectivity index (χ0n) is 30.2. The second-order valence-electron chi connectivity index (χ2n) is 13.5. The number of thiophene rings is 1. The average Bonchev–Trinajstić information content (AvgIpc) is 3.52. The molecule has 0 fully saturated rings. The summed E-state index contributed by atoms with van der Waals surface area (Å²) in [7, 11) is 2.03. The van der Waals surface area contributed by atoms with Crippen molar-refractivity contribution in [1.29, 1.82) is 0 Å². The van der Waals surface area contributed by atoms with E-state index in [2.05, 4.69) is 207 Å². The lowest BCUT2D eigenvalue weighted by Gasteiger charge is -2.17. The molecule has 1 heterocycles. The van der Waals surface area contributed by atoms with Crippen LogP contribution < -0.4 is 5.32 Å². The predicted molar refractivity (Wildman–Crippen MR) is 227 cm³/mol. The van der Waals surface area contributed by atoms with Gasteiger partial charge in [-0.15, -0.1) is 11.3 Å². The fourth-order valence-electron chi connectivity index (χ4n) is 7.03. The van der Waals surface area contributed by atoms with Crippen molar-refractivity contribution >= 4 is 44.7 Å². The monoisotopic (exact) mass is 691 g/mol. The molecule has 0 amide bonds. The summed E-state index contributed by atoms with van der Waals surface area (Å²) in [4.78, 5) is 1.33. The Bertz CT molecular complexity index is 2330. The summed E-state index contributed by atoms with van der Waals surface area (Å²) < 4.78 is 1.32. The van der Waals surface area contributed by atoms with E-state index in [1.165, 1.54) is 65.1 Å². The third-order valence-corrected chi connectivity index (χ3v) is 10.9. The fraction of sp³-hybridized carbons (Fsp3) is 0.120. The van der Waals surface area contributed by atoms with E-state index < -0.39 is 0 Å². The molecule has 2 heteroatoms. The van der Waals surface area contributed by atoms with Crippen molar-refractivity contribution < 1.29 is 0 Å². The Labute approximate surface area is 313 Å². The van der Waals surface area contributed by atoms with Crippen molar-refractivity contribution in [2.45, 2.75) is 32.2 Å². The lowest BCUT2D eigenvalue weighted by atomic mass is 9.91. The van der Waals surface area contributed by atoms with Gasteiger partial charge in [-0.2, -0.15) is 0 Å². The van der Waals surface area contributed by atoms with Crippen LogP contribution in [0.2, 0.25) is 0 Å². The van der Waals surface area contributed by atoms with Crippen LogP contribution in [-0.4, -0.2) is 7.05 Å². The number of hydrogen-bond donors (Lipinski definition) is 1. The molecule has 2 unspecified atom stereocenters. The zero-order chi connectivity index (χ0) is 35.7. The van der Waals surface area contributed by atoms with Gasteiger partial charge >= 0.3 is 0 Å². The molecule has 1 N–H and O–H groups in total. The van der Waals surface area contributed by atoms with Gasteiger partial charge in [0.1, 0.15) is 0 Å². The molecule has 0 bridgehead atoms. The van der Waals surface area contributed by atoms with Crippen LogP contribution in [-0.2, 0) is 6.42 Å². The summed E-state index contributed by atoms with van der Waals surface area (Å²) in [6.07, 6.45) is 10.3. The summed E-state index contributed by atoms with van der Waals surface area (Å²) in [5.41, 5.74) is 12.4. The number of likely N-dealkylation sites (N-methyl/N-ethyl adjacent to an activating group) is 1. The van der Waals surface area contributed by atoms with Crippen molar-refractivity contribution in [2.24, 2.45) is 0 Å². The van der Waals surface area contributed by atoms with Gasteiger partial charge in [-0.3, -0.25) is 0 Å². The third kappa shape index (κ3) is 8.32. The molecule has 1 nitrogen and oxygen atoms in total. The first-order valence-corrected chi connectivity index (χ1v) is 19.0. The van der Waals surface area contributed by atoms with E-state index in [9.17, 15) is 0 Å². The first kappa shape index (κ1) is 34.9. The average molecular weight is 692 g/mol. The van der Waals surface area contributed by atoms with Gasteiger partial charge < -0.3 is 5.32 Å². The van der Waals surface area contributed by atoms with Gasteiger partial charge in [0.15, 0.2) is 0 Å². The molecule has 256 valence electrons. The quantitative estimate of drug-likeness (QED) is 0.126. The fourth-order valence-corrected chi connectivity index (χ4v) is 8.07.